The van der Waals surface area contributed by atoms with Gasteiger partial charge in [-0.05, 0) is 65.9 Å². The molecule has 29 heavy (non-hydrogen) atoms. The average molecular weight is 410 g/mol. The molecule has 2 heterocycles. The van der Waals surface area contributed by atoms with Gasteiger partial charge in [0, 0.05) is 5.56 Å². The lowest BCUT2D eigenvalue weighted by atomic mass is 10.2. The van der Waals surface area contributed by atoms with Gasteiger partial charge in [-0.2, -0.15) is 4.68 Å². The molecule has 4 aromatic rings. The van der Waals surface area contributed by atoms with Gasteiger partial charge in [0.1, 0.15) is 11.5 Å². The lowest BCUT2D eigenvalue weighted by molar-refractivity contribution is 0.414. The predicted molar refractivity (Wildman–Crippen MR) is 106 cm³/mol. The van der Waals surface area contributed by atoms with Crippen LogP contribution in [0.4, 0.5) is 0 Å². The Morgan fingerprint density at radius 3 is 2.21 bits per heavy atom. The molecule has 0 saturated heterocycles. The van der Waals surface area contributed by atoms with E-state index in [9.17, 15) is 0 Å². The van der Waals surface area contributed by atoms with Crippen LogP contribution in [0.3, 0.4) is 0 Å². The first-order chi connectivity index (χ1) is 14.2. The highest BCUT2D eigenvalue weighted by Gasteiger charge is 2.20. The first kappa shape index (κ1) is 18.9. The van der Waals surface area contributed by atoms with Crippen LogP contribution in [0, 0.1) is 0 Å². The number of hydrogen-bond acceptors (Lipinski definition) is 9. The Labute approximate surface area is 171 Å². The SMILES string of the molecule is COc1ccc(-c2nnc([C@H](C)Sc3nnnn3-c3ccc(OC)cc3)o2)cc1. The van der Waals surface area contributed by atoms with Gasteiger partial charge in [-0.1, -0.05) is 11.8 Å². The molecule has 148 valence electrons. The molecular formula is C19H18N6O3S. The first-order valence-electron chi connectivity index (χ1n) is 8.75. The van der Waals surface area contributed by atoms with Crippen molar-refractivity contribution in [1.82, 2.24) is 30.4 Å². The Kier molecular flexibility index (Phi) is 5.43. The lowest BCUT2D eigenvalue weighted by Crippen LogP contribution is -2.00. The van der Waals surface area contributed by atoms with Crippen molar-refractivity contribution in [3.63, 3.8) is 0 Å². The standard InChI is InChI=1S/C19H18N6O3S/c1-12(17-20-21-18(28-17)13-4-8-15(26-2)9-5-13)29-19-22-23-24-25(19)14-6-10-16(27-3)11-7-14/h4-12H,1-3H3/t12-/m0/s1. The van der Waals surface area contributed by atoms with Crippen molar-refractivity contribution in [2.24, 2.45) is 0 Å². The van der Waals surface area contributed by atoms with Crippen molar-refractivity contribution < 1.29 is 13.9 Å². The zero-order chi connectivity index (χ0) is 20.2. The number of rotatable bonds is 7. The van der Waals surface area contributed by atoms with Crippen LogP contribution in [0.25, 0.3) is 17.1 Å². The second kappa shape index (κ2) is 8.31. The Balaban J connectivity index is 1.51. The van der Waals surface area contributed by atoms with Gasteiger partial charge < -0.3 is 13.9 Å². The van der Waals surface area contributed by atoms with Crippen LogP contribution in [-0.4, -0.2) is 44.6 Å². The van der Waals surface area contributed by atoms with Gasteiger partial charge in [0.2, 0.25) is 16.9 Å². The van der Waals surface area contributed by atoms with E-state index in [1.807, 2.05) is 55.5 Å². The summed E-state index contributed by atoms with van der Waals surface area (Å²) < 4.78 is 17.9. The van der Waals surface area contributed by atoms with Crippen LogP contribution >= 0.6 is 11.8 Å². The van der Waals surface area contributed by atoms with E-state index in [1.54, 1.807) is 18.9 Å². The number of ether oxygens (including phenoxy) is 2. The average Bonchev–Trinajstić information content (AvgIpc) is 3.44. The molecule has 0 radical (unpaired) electrons. The molecule has 9 nitrogen and oxygen atoms in total. The molecule has 0 aliphatic carbocycles. The van der Waals surface area contributed by atoms with Crippen molar-refractivity contribution in [2.45, 2.75) is 17.3 Å². The van der Waals surface area contributed by atoms with E-state index in [4.69, 9.17) is 13.9 Å². The van der Waals surface area contributed by atoms with Crippen LogP contribution in [-0.2, 0) is 0 Å². The molecule has 2 aromatic carbocycles. The van der Waals surface area contributed by atoms with Gasteiger partial charge in [-0.25, -0.2) is 0 Å². The first-order valence-corrected chi connectivity index (χ1v) is 9.63. The van der Waals surface area contributed by atoms with E-state index < -0.39 is 0 Å². The minimum Gasteiger partial charge on any atom is -0.497 e. The van der Waals surface area contributed by atoms with Gasteiger partial charge in [-0.15, -0.1) is 15.3 Å². The zero-order valence-electron chi connectivity index (χ0n) is 16.0. The summed E-state index contributed by atoms with van der Waals surface area (Å²) in [5.41, 5.74) is 1.65. The summed E-state index contributed by atoms with van der Waals surface area (Å²) in [6.45, 7) is 1.96. The van der Waals surface area contributed by atoms with Crippen LogP contribution in [0.2, 0.25) is 0 Å². The topological polar surface area (TPSA) is 101 Å². The maximum atomic E-state index is 5.85. The molecule has 0 fully saturated rings. The fraction of sp³-hybridized carbons (Fsp3) is 0.211. The van der Waals surface area contributed by atoms with Crippen molar-refractivity contribution in [3.05, 3.63) is 54.4 Å². The van der Waals surface area contributed by atoms with Crippen molar-refractivity contribution >= 4 is 11.8 Å². The van der Waals surface area contributed by atoms with E-state index >= 15 is 0 Å². The molecule has 0 aliphatic rings. The molecule has 2 aromatic heterocycles. The van der Waals surface area contributed by atoms with E-state index in [-0.39, 0.29) is 5.25 Å². The van der Waals surface area contributed by atoms with Crippen molar-refractivity contribution in [3.8, 4) is 28.6 Å². The highest BCUT2D eigenvalue weighted by Crippen LogP contribution is 2.34. The molecule has 4 rings (SSSR count). The fourth-order valence-corrected chi connectivity index (χ4v) is 3.43. The number of nitrogens with zero attached hydrogens (tertiary/aromatic N) is 6. The third-order valence-electron chi connectivity index (χ3n) is 4.17. The summed E-state index contributed by atoms with van der Waals surface area (Å²) in [5.74, 6) is 2.47. The van der Waals surface area contributed by atoms with E-state index in [0.29, 0.717) is 16.9 Å². The fourth-order valence-electron chi connectivity index (χ4n) is 2.60. The number of hydrogen-bond donors (Lipinski definition) is 0. The van der Waals surface area contributed by atoms with Gasteiger partial charge in [0.15, 0.2) is 0 Å². The normalized spacial score (nSPS) is 12.0. The third-order valence-corrected chi connectivity index (χ3v) is 5.19. The molecule has 0 N–H and O–H groups in total. The number of aromatic nitrogens is 6. The molecule has 0 spiro atoms. The summed E-state index contributed by atoms with van der Waals surface area (Å²) in [6.07, 6.45) is 0. The minimum absolute atomic E-state index is 0.141. The largest absolute Gasteiger partial charge is 0.497 e. The summed E-state index contributed by atoms with van der Waals surface area (Å²) in [6, 6.07) is 14.9. The molecule has 0 unspecified atom stereocenters. The van der Waals surface area contributed by atoms with E-state index in [1.165, 1.54) is 11.8 Å². The third kappa shape index (κ3) is 4.06. The second-order valence-electron chi connectivity index (χ2n) is 6.01. The van der Waals surface area contributed by atoms with Crippen molar-refractivity contribution in [1.29, 1.82) is 0 Å². The Bertz CT molecular complexity index is 1080. The number of methoxy groups -OCH3 is 2. The maximum Gasteiger partial charge on any atom is 0.247 e. The number of tetrazole rings is 1. The van der Waals surface area contributed by atoms with E-state index in [0.717, 1.165) is 22.7 Å². The second-order valence-corrected chi connectivity index (χ2v) is 7.31. The summed E-state index contributed by atoms with van der Waals surface area (Å²) in [4.78, 5) is 0. The van der Waals surface area contributed by atoms with Crippen LogP contribution in [0.15, 0.2) is 58.1 Å². The highest BCUT2D eigenvalue weighted by molar-refractivity contribution is 7.99. The maximum absolute atomic E-state index is 5.85. The van der Waals surface area contributed by atoms with Gasteiger partial charge in [-0.3, -0.25) is 0 Å². The Morgan fingerprint density at radius 2 is 1.55 bits per heavy atom. The Hall–Kier alpha value is -3.40. The molecule has 0 saturated carbocycles. The molecule has 0 bridgehead atoms. The molecule has 0 amide bonds. The summed E-state index contributed by atoms with van der Waals surface area (Å²) in [7, 11) is 3.25. The molecule has 10 heteroatoms. The van der Waals surface area contributed by atoms with Crippen LogP contribution < -0.4 is 9.47 Å². The minimum atomic E-state index is -0.141. The van der Waals surface area contributed by atoms with E-state index in [2.05, 4.69) is 25.7 Å². The molecular weight excluding hydrogens is 392 g/mol. The zero-order valence-corrected chi connectivity index (χ0v) is 16.8. The van der Waals surface area contributed by atoms with Crippen LogP contribution in [0.5, 0.6) is 11.5 Å². The monoisotopic (exact) mass is 410 g/mol. The van der Waals surface area contributed by atoms with Crippen molar-refractivity contribution in [2.75, 3.05) is 14.2 Å². The summed E-state index contributed by atoms with van der Waals surface area (Å²) in [5, 5.41) is 20.8. The smallest absolute Gasteiger partial charge is 0.247 e. The van der Waals surface area contributed by atoms with Gasteiger partial charge >= 0.3 is 0 Å². The van der Waals surface area contributed by atoms with Crippen LogP contribution in [0.1, 0.15) is 18.1 Å². The Morgan fingerprint density at radius 1 is 0.897 bits per heavy atom. The predicted octanol–water partition coefficient (Wildman–Crippen LogP) is 3.58. The van der Waals surface area contributed by atoms with Gasteiger partial charge in [0.25, 0.3) is 0 Å². The van der Waals surface area contributed by atoms with Gasteiger partial charge in [0.05, 0.1) is 25.2 Å². The number of benzene rings is 2. The quantitative estimate of drug-likeness (QED) is 0.423. The summed E-state index contributed by atoms with van der Waals surface area (Å²) >= 11 is 1.43. The molecule has 0 aliphatic heterocycles. The number of thioether (sulfide) groups is 1. The highest BCUT2D eigenvalue weighted by atomic mass is 32.2. The lowest BCUT2D eigenvalue weighted by Gasteiger charge is -2.08. The molecule has 1 atom stereocenters.